The van der Waals surface area contributed by atoms with E-state index >= 15 is 0 Å². The van der Waals surface area contributed by atoms with Gasteiger partial charge >= 0.3 is 0 Å². The molecule has 0 saturated carbocycles. The Balaban J connectivity index is 1.40. The van der Waals surface area contributed by atoms with Gasteiger partial charge in [0.1, 0.15) is 11.5 Å². The van der Waals surface area contributed by atoms with E-state index in [1.165, 1.54) is 5.56 Å². The lowest BCUT2D eigenvalue weighted by Gasteiger charge is -2.35. The number of hydrogen-bond acceptors (Lipinski definition) is 5. The van der Waals surface area contributed by atoms with Gasteiger partial charge in [-0.25, -0.2) is 4.98 Å². The van der Waals surface area contributed by atoms with Crippen LogP contribution in [0.2, 0.25) is 0 Å². The zero-order chi connectivity index (χ0) is 25.1. The minimum atomic E-state index is 0.0712. The number of piperazine rings is 1. The van der Waals surface area contributed by atoms with Crippen LogP contribution in [0.15, 0.2) is 72.8 Å². The largest absolute Gasteiger partial charge is 0.497 e. The standard InChI is InChI=1S/C30H31N3O3/c1-21-28(26-9-4-5-10-27(26)31-29(21)23-11-13-24(35-2)14-12-23)30(34)33-17-15-32(16-18-33)20-22-7-6-8-25(19-22)36-3/h4-14,19H,15-18,20H2,1-3H3. The Morgan fingerprint density at radius 3 is 2.31 bits per heavy atom. The number of para-hydroxylation sites is 1. The molecule has 1 aromatic heterocycles. The highest BCUT2D eigenvalue weighted by molar-refractivity contribution is 6.09. The maximum Gasteiger partial charge on any atom is 0.254 e. The van der Waals surface area contributed by atoms with Crippen molar-refractivity contribution < 1.29 is 14.3 Å². The zero-order valence-corrected chi connectivity index (χ0v) is 21.0. The van der Waals surface area contributed by atoms with Gasteiger partial charge in [-0.15, -0.1) is 0 Å². The van der Waals surface area contributed by atoms with Crippen molar-refractivity contribution in [2.45, 2.75) is 13.5 Å². The Bertz CT molecular complexity index is 1380. The Morgan fingerprint density at radius 1 is 0.861 bits per heavy atom. The molecule has 6 heteroatoms. The highest BCUT2D eigenvalue weighted by Crippen LogP contribution is 2.31. The Hall–Kier alpha value is -3.90. The number of aromatic nitrogens is 1. The molecule has 1 aliphatic rings. The second-order valence-corrected chi connectivity index (χ2v) is 9.13. The van der Waals surface area contributed by atoms with Gasteiger partial charge in [-0.05, 0) is 60.5 Å². The lowest BCUT2D eigenvalue weighted by atomic mass is 9.96. The number of ether oxygens (including phenoxy) is 2. The van der Waals surface area contributed by atoms with Gasteiger partial charge in [0.15, 0.2) is 0 Å². The molecule has 2 heterocycles. The summed E-state index contributed by atoms with van der Waals surface area (Å²) in [7, 11) is 3.34. The average molecular weight is 482 g/mol. The van der Waals surface area contributed by atoms with Crippen LogP contribution in [0, 0.1) is 6.92 Å². The maximum atomic E-state index is 13.9. The summed E-state index contributed by atoms with van der Waals surface area (Å²) >= 11 is 0. The maximum absolute atomic E-state index is 13.9. The van der Waals surface area contributed by atoms with Gasteiger partial charge in [0.25, 0.3) is 5.91 Å². The second kappa shape index (κ2) is 10.4. The van der Waals surface area contributed by atoms with E-state index < -0.39 is 0 Å². The molecule has 1 fully saturated rings. The first-order chi connectivity index (χ1) is 17.6. The molecule has 1 aliphatic heterocycles. The van der Waals surface area contributed by atoms with Crippen LogP contribution in [-0.2, 0) is 6.54 Å². The van der Waals surface area contributed by atoms with Crippen LogP contribution in [0.4, 0.5) is 0 Å². The minimum Gasteiger partial charge on any atom is -0.497 e. The molecular weight excluding hydrogens is 450 g/mol. The van der Waals surface area contributed by atoms with Crippen LogP contribution in [0.1, 0.15) is 21.5 Å². The number of carbonyl (C=O) groups excluding carboxylic acids is 1. The number of pyridine rings is 1. The fourth-order valence-corrected chi connectivity index (χ4v) is 4.91. The van der Waals surface area contributed by atoms with E-state index in [0.29, 0.717) is 13.1 Å². The Kier molecular flexibility index (Phi) is 6.87. The van der Waals surface area contributed by atoms with Crippen LogP contribution in [-0.4, -0.2) is 61.1 Å². The van der Waals surface area contributed by atoms with Crippen molar-refractivity contribution in [1.82, 2.24) is 14.8 Å². The zero-order valence-electron chi connectivity index (χ0n) is 21.0. The van der Waals surface area contributed by atoms with Crippen molar-refractivity contribution in [3.63, 3.8) is 0 Å². The molecule has 36 heavy (non-hydrogen) atoms. The molecule has 0 radical (unpaired) electrons. The van der Waals surface area contributed by atoms with Crippen LogP contribution < -0.4 is 9.47 Å². The van der Waals surface area contributed by atoms with Crippen LogP contribution >= 0.6 is 0 Å². The van der Waals surface area contributed by atoms with E-state index in [4.69, 9.17) is 14.5 Å². The van der Waals surface area contributed by atoms with Crippen LogP contribution in [0.5, 0.6) is 11.5 Å². The molecule has 0 atom stereocenters. The van der Waals surface area contributed by atoms with E-state index in [-0.39, 0.29) is 5.91 Å². The van der Waals surface area contributed by atoms with Gasteiger partial charge in [-0.1, -0.05) is 30.3 Å². The van der Waals surface area contributed by atoms with Gasteiger partial charge in [-0.3, -0.25) is 9.69 Å². The third-order valence-corrected chi connectivity index (χ3v) is 6.91. The molecule has 1 saturated heterocycles. The second-order valence-electron chi connectivity index (χ2n) is 9.13. The summed E-state index contributed by atoms with van der Waals surface area (Å²) in [6.45, 7) is 5.89. The van der Waals surface area contributed by atoms with Crippen LogP contribution in [0.3, 0.4) is 0 Å². The van der Waals surface area contributed by atoms with E-state index in [1.807, 2.05) is 72.5 Å². The third kappa shape index (κ3) is 4.77. The highest BCUT2D eigenvalue weighted by Gasteiger charge is 2.26. The van der Waals surface area contributed by atoms with Gasteiger partial charge in [-0.2, -0.15) is 0 Å². The first kappa shape index (κ1) is 23.8. The van der Waals surface area contributed by atoms with Crippen molar-refractivity contribution >= 4 is 16.8 Å². The summed E-state index contributed by atoms with van der Waals surface area (Å²) in [5.41, 5.74) is 5.49. The summed E-state index contributed by atoms with van der Waals surface area (Å²) < 4.78 is 10.7. The monoisotopic (exact) mass is 481 g/mol. The van der Waals surface area contributed by atoms with Gasteiger partial charge < -0.3 is 14.4 Å². The summed E-state index contributed by atoms with van der Waals surface area (Å²) in [6.07, 6.45) is 0. The number of carbonyl (C=O) groups is 1. The van der Waals surface area contributed by atoms with Gasteiger partial charge in [0, 0.05) is 43.7 Å². The summed E-state index contributed by atoms with van der Waals surface area (Å²) in [5, 5.41) is 0.899. The van der Waals surface area contributed by atoms with Crippen molar-refractivity contribution in [2.24, 2.45) is 0 Å². The Morgan fingerprint density at radius 2 is 1.58 bits per heavy atom. The minimum absolute atomic E-state index is 0.0712. The quantitative estimate of drug-likeness (QED) is 0.380. The number of nitrogens with zero attached hydrogens (tertiary/aromatic N) is 3. The molecule has 0 unspecified atom stereocenters. The molecule has 4 aromatic rings. The van der Waals surface area contributed by atoms with Crippen molar-refractivity contribution in [1.29, 1.82) is 0 Å². The predicted molar refractivity (Wildman–Crippen MR) is 143 cm³/mol. The predicted octanol–water partition coefficient (Wildman–Crippen LogP) is 5.19. The SMILES string of the molecule is COc1ccc(-c2nc3ccccc3c(C(=O)N3CCN(Cc4cccc(OC)c4)CC3)c2C)cc1. The summed E-state index contributed by atoms with van der Waals surface area (Å²) in [4.78, 5) is 23.2. The smallest absolute Gasteiger partial charge is 0.254 e. The molecule has 0 spiro atoms. The number of methoxy groups -OCH3 is 2. The average Bonchev–Trinajstić information content (AvgIpc) is 2.93. The molecule has 5 rings (SSSR count). The first-order valence-electron chi connectivity index (χ1n) is 12.3. The molecule has 0 bridgehead atoms. The van der Waals surface area contributed by atoms with E-state index in [0.717, 1.165) is 64.4 Å². The van der Waals surface area contributed by atoms with Gasteiger partial charge in [0.2, 0.25) is 0 Å². The summed E-state index contributed by atoms with van der Waals surface area (Å²) in [5.74, 6) is 1.73. The molecule has 184 valence electrons. The number of rotatable bonds is 6. The first-order valence-corrected chi connectivity index (χ1v) is 12.3. The fourth-order valence-electron chi connectivity index (χ4n) is 4.91. The lowest BCUT2D eigenvalue weighted by molar-refractivity contribution is 0.0629. The lowest BCUT2D eigenvalue weighted by Crippen LogP contribution is -2.48. The van der Waals surface area contributed by atoms with Crippen LogP contribution in [0.25, 0.3) is 22.2 Å². The number of benzene rings is 3. The normalized spacial score (nSPS) is 14.1. The molecule has 1 amide bonds. The van der Waals surface area contributed by atoms with Crippen molar-refractivity contribution in [3.05, 3.63) is 89.5 Å². The third-order valence-electron chi connectivity index (χ3n) is 6.91. The molecular formula is C30H31N3O3. The number of hydrogen-bond donors (Lipinski definition) is 0. The Labute approximate surface area is 212 Å². The van der Waals surface area contributed by atoms with E-state index in [9.17, 15) is 4.79 Å². The van der Waals surface area contributed by atoms with E-state index in [2.05, 4.69) is 17.0 Å². The summed E-state index contributed by atoms with van der Waals surface area (Å²) in [6, 6.07) is 23.9. The fraction of sp³-hybridized carbons (Fsp3) is 0.267. The number of fused-ring (bicyclic) bond motifs is 1. The van der Waals surface area contributed by atoms with Gasteiger partial charge in [0.05, 0.1) is 31.0 Å². The molecule has 6 nitrogen and oxygen atoms in total. The molecule has 0 N–H and O–H groups in total. The van der Waals surface area contributed by atoms with E-state index in [1.54, 1.807) is 14.2 Å². The van der Waals surface area contributed by atoms with Crippen molar-refractivity contribution in [3.8, 4) is 22.8 Å². The molecule has 0 aliphatic carbocycles. The molecule has 3 aromatic carbocycles. The topological polar surface area (TPSA) is 54.9 Å². The number of amides is 1. The van der Waals surface area contributed by atoms with Crippen molar-refractivity contribution in [2.75, 3.05) is 40.4 Å². The highest BCUT2D eigenvalue weighted by atomic mass is 16.5.